The van der Waals surface area contributed by atoms with Crippen molar-refractivity contribution in [2.45, 2.75) is 39.0 Å². The highest BCUT2D eigenvalue weighted by atomic mass is 16.5. The van der Waals surface area contributed by atoms with Gasteiger partial charge in [0.2, 0.25) is 5.91 Å². The van der Waals surface area contributed by atoms with Crippen LogP contribution in [0.25, 0.3) is 0 Å². The minimum absolute atomic E-state index is 0.00742. The van der Waals surface area contributed by atoms with E-state index in [9.17, 15) is 4.79 Å². The zero-order valence-electron chi connectivity index (χ0n) is 14.9. The molecule has 0 bridgehead atoms. The van der Waals surface area contributed by atoms with Crippen LogP contribution in [0.4, 0.5) is 0 Å². The lowest BCUT2D eigenvalue weighted by Gasteiger charge is -2.37. The number of morpholine rings is 1. The van der Waals surface area contributed by atoms with E-state index in [0.29, 0.717) is 25.5 Å². The van der Waals surface area contributed by atoms with Crippen LogP contribution in [0.15, 0.2) is 30.3 Å². The lowest BCUT2D eigenvalue weighted by molar-refractivity contribution is -0.131. The monoisotopic (exact) mass is 343 g/mol. The second-order valence-electron chi connectivity index (χ2n) is 6.61. The molecule has 1 aromatic heterocycles. The fourth-order valence-corrected chi connectivity index (χ4v) is 3.09. The molecule has 1 aromatic carbocycles. The first-order chi connectivity index (χ1) is 12.0. The van der Waals surface area contributed by atoms with Crippen molar-refractivity contribution < 1.29 is 9.53 Å². The summed E-state index contributed by atoms with van der Waals surface area (Å²) in [6, 6.07) is 9.60. The van der Waals surface area contributed by atoms with Gasteiger partial charge in [-0.25, -0.2) is 4.98 Å². The average Bonchev–Trinajstić information content (AvgIpc) is 3.02. The Morgan fingerprint density at radius 2 is 2.12 bits per heavy atom. The highest BCUT2D eigenvalue weighted by Crippen LogP contribution is 2.28. The molecule has 7 nitrogen and oxygen atoms in total. The Morgan fingerprint density at radius 1 is 1.36 bits per heavy atom. The van der Waals surface area contributed by atoms with E-state index in [1.807, 2.05) is 51.1 Å². The number of aromatic nitrogens is 3. The normalized spacial score (nSPS) is 19.8. The molecule has 1 fully saturated rings. The van der Waals surface area contributed by atoms with Crippen LogP contribution in [-0.4, -0.2) is 51.7 Å². The standard InChI is InChI=1S/C18H25N5O2/c1-12(2)19-18(24)16(14-7-5-4-6-8-14)23-9-10-25-15(11-23)17-20-13(3)21-22-17/h4-8,12,15-16H,9-11H2,1-3H3,(H,19,24)(H,20,21,22)/t15-,16-/m1/s1. The van der Waals surface area contributed by atoms with Crippen LogP contribution in [0.1, 0.15) is 43.2 Å². The second kappa shape index (κ2) is 7.76. The molecule has 25 heavy (non-hydrogen) atoms. The number of aromatic amines is 1. The molecule has 2 N–H and O–H groups in total. The van der Waals surface area contributed by atoms with Gasteiger partial charge in [0, 0.05) is 19.1 Å². The van der Waals surface area contributed by atoms with Gasteiger partial charge in [0.1, 0.15) is 18.0 Å². The van der Waals surface area contributed by atoms with Gasteiger partial charge in [-0.2, -0.15) is 5.10 Å². The van der Waals surface area contributed by atoms with Crippen molar-refractivity contribution >= 4 is 5.91 Å². The van der Waals surface area contributed by atoms with Crippen LogP contribution in [0.2, 0.25) is 0 Å². The largest absolute Gasteiger partial charge is 0.367 e. The molecule has 134 valence electrons. The zero-order valence-corrected chi connectivity index (χ0v) is 14.9. The number of amides is 1. The smallest absolute Gasteiger partial charge is 0.242 e. The SMILES string of the molecule is Cc1nc([C@H]2CN([C@@H](C(=O)NC(C)C)c3ccccc3)CCO2)n[nH]1. The molecule has 7 heteroatoms. The van der Waals surface area contributed by atoms with E-state index < -0.39 is 0 Å². The molecule has 1 aliphatic heterocycles. The Kier molecular flexibility index (Phi) is 5.45. The van der Waals surface area contributed by atoms with E-state index >= 15 is 0 Å². The molecule has 3 rings (SSSR count). The summed E-state index contributed by atoms with van der Waals surface area (Å²) in [5, 5.41) is 10.1. The molecular weight excluding hydrogens is 318 g/mol. The summed E-state index contributed by atoms with van der Waals surface area (Å²) in [7, 11) is 0. The number of aryl methyl sites for hydroxylation is 1. The van der Waals surface area contributed by atoms with E-state index in [0.717, 1.165) is 11.4 Å². The lowest BCUT2D eigenvalue weighted by Crippen LogP contribution is -2.48. The van der Waals surface area contributed by atoms with Crippen LogP contribution >= 0.6 is 0 Å². The predicted octanol–water partition coefficient (Wildman–Crippen LogP) is 1.75. The van der Waals surface area contributed by atoms with Gasteiger partial charge in [-0.05, 0) is 26.3 Å². The fraction of sp³-hybridized carbons (Fsp3) is 0.500. The zero-order chi connectivity index (χ0) is 17.8. The van der Waals surface area contributed by atoms with Gasteiger partial charge in [-0.15, -0.1) is 0 Å². The van der Waals surface area contributed by atoms with Gasteiger partial charge in [-0.3, -0.25) is 14.8 Å². The third kappa shape index (κ3) is 4.24. The van der Waals surface area contributed by atoms with Gasteiger partial charge in [-0.1, -0.05) is 30.3 Å². The van der Waals surface area contributed by atoms with Crippen molar-refractivity contribution in [2.24, 2.45) is 0 Å². The molecule has 2 aromatic rings. The number of carbonyl (C=O) groups is 1. The van der Waals surface area contributed by atoms with Crippen molar-refractivity contribution in [2.75, 3.05) is 19.7 Å². The number of benzene rings is 1. The number of nitrogens with one attached hydrogen (secondary N) is 2. The fourth-order valence-electron chi connectivity index (χ4n) is 3.09. The summed E-state index contributed by atoms with van der Waals surface area (Å²) in [6.45, 7) is 7.60. The Bertz CT molecular complexity index is 701. The Balaban J connectivity index is 1.83. The Labute approximate surface area is 147 Å². The maximum atomic E-state index is 12.9. The van der Waals surface area contributed by atoms with E-state index in [1.54, 1.807) is 0 Å². The third-order valence-electron chi connectivity index (χ3n) is 4.16. The first kappa shape index (κ1) is 17.6. The van der Waals surface area contributed by atoms with Crippen molar-refractivity contribution in [1.29, 1.82) is 0 Å². The number of nitrogens with zero attached hydrogens (tertiary/aromatic N) is 3. The number of carbonyl (C=O) groups excluding carboxylic acids is 1. The maximum absolute atomic E-state index is 12.9. The van der Waals surface area contributed by atoms with Crippen molar-refractivity contribution in [1.82, 2.24) is 25.4 Å². The second-order valence-corrected chi connectivity index (χ2v) is 6.61. The van der Waals surface area contributed by atoms with Crippen LogP contribution in [0, 0.1) is 6.92 Å². The minimum atomic E-state index is -0.352. The Hall–Kier alpha value is -2.25. The van der Waals surface area contributed by atoms with E-state index in [1.165, 1.54) is 0 Å². The summed E-state index contributed by atoms with van der Waals surface area (Å²) in [6.07, 6.45) is -0.239. The molecule has 0 saturated carbocycles. The summed E-state index contributed by atoms with van der Waals surface area (Å²) in [5.41, 5.74) is 0.979. The Morgan fingerprint density at radius 3 is 2.76 bits per heavy atom. The van der Waals surface area contributed by atoms with Crippen molar-refractivity contribution in [3.8, 4) is 0 Å². The van der Waals surface area contributed by atoms with Gasteiger partial charge < -0.3 is 10.1 Å². The molecule has 0 radical (unpaired) electrons. The number of H-pyrrole nitrogens is 1. The molecule has 0 aliphatic carbocycles. The van der Waals surface area contributed by atoms with Crippen molar-refractivity contribution in [3.63, 3.8) is 0 Å². The van der Waals surface area contributed by atoms with Crippen LogP contribution in [-0.2, 0) is 9.53 Å². The highest BCUT2D eigenvalue weighted by Gasteiger charge is 2.34. The summed E-state index contributed by atoms with van der Waals surface area (Å²) < 4.78 is 5.84. The van der Waals surface area contributed by atoms with Crippen LogP contribution in [0.3, 0.4) is 0 Å². The number of rotatable bonds is 5. The first-order valence-corrected chi connectivity index (χ1v) is 8.64. The average molecular weight is 343 g/mol. The molecule has 1 saturated heterocycles. The summed E-state index contributed by atoms with van der Waals surface area (Å²) >= 11 is 0. The molecule has 2 atom stereocenters. The predicted molar refractivity (Wildman–Crippen MR) is 93.8 cm³/mol. The summed E-state index contributed by atoms with van der Waals surface area (Å²) in [5.74, 6) is 1.40. The number of hydrogen-bond acceptors (Lipinski definition) is 5. The van der Waals surface area contributed by atoms with Crippen molar-refractivity contribution in [3.05, 3.63) is 47.5 Å². The number of ether oxygens (including phenoxy) is 1. The van der Waals surface area contributed by atoms with Gasteiger partial charge in [0.05, 0.1) is 6.61 Å². The number of hydrogen-bond donors (Lipinski definition) is 2. The molecule has 0 spiro atoms. The van der Waals surface area contributed by atoms with Gasteiger partial charge >= 0.3 is 0 Å². The first-order valence-electron chi connectivity index (χ1n) is 8.64. The summed E-state index contributed by atoms with van der Waals surface area (Å²) in [4.78, 5) is 19.4. The van der Waals surface area contributed by atoms with E-state index in [4.69, 9.17) is 4.74 Å². The van der Waals surface area contributed by atoms with Gasteiger partial charge in [0.15, 0.2) is 5.82 Å². The van der Waals surface area contributed by atoms with E-state index in [2.05, 4.69) is 25.4 Å². The molecular formula is C18H25N5O2. The quantitative estimate of drug-likeness (QED) is 0.864. The van der Waals surface area contributed by atoms with Crippen LogP contribution in [0.5, 0.6) is 0 Å². The van der Waals surface area contributed by atoms with Gasteiger partial charge in [0.25, 0.3) is 0 Å². The third-order valence-corrected chi connectivity index (χ3v) is 4.16. The van der Waals surface area contributed by atoms with Crippen LogP contribution < -0.4 is 5.32 Å². The molecule has 0 unspecified atom stereocenters. The highest BCUT2D eigenvalue weighted by molar-refractivity contribution is 5.83. The topological polar surface area (TPSA) is 83.1 Å². The van der Waals surface area contributed by atoms with E-state index in [-0.39, 0.29) is 24.1 Å². The maximum Gasteiger partial charge on any atom is 0.242 e. The molecule has 1 aliphatic rings. The molecule has 1 amide bonds. The molecule has 2 heterocycles. The minimum Gasteiger partial charge on any atom is -0.367 e. The lowest BCUT2D eigenvalue weighted by atomic mass is 10.0.